The van der Waals surface area contributed by atoms with E-state index in [0.29, 0.717) is 22.7 Å². The Bertz CT molecular complexity index is 746. The van der Waals surface area contributed by atoms with Crippen molar-refractivity contribution in [1.82, 2.24) is 14.8 Å². The molecule has 1 aromatic heterocycles. The molecular formula is C17H18FN3O2S. The van der Waals surface area contributed by atoms with Crippen LogP contribution in [0.15, 0.2) is 35.5 Å². The summed E-state index contributed by atoms with van der Waals surface area (Å²) < 4.78 is 20.8. The molecule has 2 aliphatic rings. The van der Waals surface area contributed by atoms with Crippen LogP contribution in [-0.4, -0.2) is 33.1 Å². The highest BCUT2D eigenvalue weighted by Crippen LogP contribution is 2.43. The fraction of sp³-hybridized carbons (Fsp3) is 0.471. The lowest BCUT2D eigenvalue weighted by Gasteiger charge is -2.31. The zero-order valence-electron chi connectivity index (χ0n) is 13.3. The molecule has 2 heterocycles. The number of carbonyl (C=O) groups excluding carboxylic acids is 1. The number of nitrogens with zero attached hydrogens (tertiary/aromatic N) is 3. The average Bonchev–Trinajstić information content (AvgIpc) is 3.11. The second-order valence-corrected chi connectivity index (χ2v) is 7.53. The zero-order chi connectivity index (χ0) is 16.7. The second-order valence-electron chi connectivity index (χ2n) is 6.26. The van der Waals surface area contributed by atoms with E-state index < -0.39 is 6.17 Å². The first-order chi connectivity index (χ1) is 11.7. The van der Waals surface area contributed by atoms with Crippen molar-refractivity contribution in [3.8, 4) is 0 Å². The second kappa shape index (κ2) is 6.20. The van der Waals surface area contributed by atoms with E-state index in [2.05, 4.69) is 10.1 Å². The fourth-order valence-electron chi connectivity index (χ4n) is 3.33. The van der Waals surface area contributed by atoms with Gasteiger partial charge in [-0.25, -0.2) is 14.1 Å². The molecule has 7 heteroatoms. The molecule has 0 spiro atoms. The third kappa shape index (κ3) is 2.70. The van der Waals surface area contributed by atoms with E-state index in [1.54, 1.807) is 4.68 Å². The van der Waals surface area contributed by atoms with Gasteiger partial charge in [-0.1, -0.05) is 42.1 Å². The number of aromatic nitrogens is 3. The van der Waals surface area contributed by atoms with E-state index in [0.717, 1.165) is 18.4 Å². The van der Waals surface area contributed by atoms with Gasteiger partial charge in [0.1, 0.15) is 0 Å². The first-order valence-corrected chi connectivity index (χ1v) is 8.93. The Labute approximate surface area is 143 Å². The summed E-state index contributed by atoms with van der Waals surface area (Å²) in [4.78, 5) is 15.8. The predicted octanol–water partition coefficient (Wildman–Crippen LogP) is 3.33. The van der Waals surface area contributed by atoms with Crippen LogP contribution in [0.5, 0.6) is 0 Å². The van der Waals surface area contributed by atoms with Gasteiger partial charge in [0.15, 0.2) is 12.0 Å². The number of hydrogen-bond acceptors (Lipinski definition) is 5. The number of thioether (sulfide) groups is 1. The molecule has 0 radical (unpaired) electrons. The molecule has 2 aromatic rings. The first-order valence-electron chi connectivity index (χ1n) is 8.05. The SMILES string of the molecule is COC(=O)C1CC(Sc2nc3n(n2)[C@H](c2ccccc2)C[C@@H]3F)C1. The Morgan fingerprint density at radius 2 is 2.04 bits per heavy atom. The lowest BCUT2D eigenvalue weighted by Crippen LogP contribution is -2.33. The molecule has 0 N–H and O–H groups in total. The van der Waals surface area contributed by atoms with Gasteiger partial charge in [-0.3, -0.25) is 4.79 Å². The van der Waals surface area contributed by atoms with Crippen LogP contribution in [0.2, 0.25) is 0 Å². The summed E-state index contributed by atoms with van der Waals surface area (Å²) in [7, 11) is 1.41. The normalized spacial score (nSPS) is 28.2. The Kier molecular flexibility index (Phi) is 4.04. The molecule has 24 heavy (non-hydrogen) atoms. The lowest BCUT2D eigenvalue weighted by molar-refractivity contribution is -0.148. The van der Waals surface area contributed by atoms with Crippen LogP contribution in [0.1, 0.15) is 42.9 Å². The van der Waals surface area contributed by atoms with Crippen LogP contribution >= 0.6 is 11.8 Å². The van der Waals surface area contributed by atoms with Gasteiger partial charge in [-0.15, -0.1) is 5.10 Å². The van der Waals surface area contributed by atoms with Gasteiger partial charge in [0, 0.05) is 11.7 Å². The van der Waals surface area contributed by atoms with Crippen LogP contribution in [0.3, 0.4) is 0 Å². The summed E-state index contributed by atoms with van der Waals surface area (Å²) in [5.41, 5.74) is 1.05. The molecule has 0 bridgehead atoms. The number of benzene rings is 1. The zero-order valence-corrected chi connectivity index (χ0v) is 14.1. The van der Waals surface area contributed by atoms with Crippen molar-refractivity contribution >= 4 is 17.7 Å². The lowest BCUT2D eigenvalue weighted by atomic mass is 9.85. The third-order valence-corrected chi connectivity index (χ3v) is 5.83. The molecule has 126 valence electrons. The van der Waals surface area contributed by atoms with Gasteiger partial charge in [0.05, 0.1) is 19.1 Å². The molecule has 1 saturated carbocycles. The van der Waals surface area contributed by atoms with Crippen LogP contribution < -0.4 is 0 Å². The highest BCUT2D eigenvalue weighted by atomic mass is 32.2. The highest BCUT2D eigenvalue weighted by Gasteiger charge is 2.39. The molecule has 5 nitrogen and oxygen atoms in total. The maximum Gasteiger partial charge on any atom is 0.308 e. The van der Waals surface area contributed by atoms with E-state index in [-0.39, 0.29) is 17.9 Å². The largest absolute Gasteiger partial charge is 0.469 e. The maximum absolute atomic E-state index is 14.3. The summed E-state index contributed by atoms with van der Waals surface area (Å²) in [6, 6.07) is 9.75. The molecule has 1 fully saturated rings. The van der Waals surface area contributed by atoms with Crippen LogP contribution in [0.25, 0.3) is 0 Å². The Hall–Kier alpha value is -1.89. The quantitative estimate of drug-likeness (QED) is 0.794. The van der Waals surface area contributed by atoms with E-state index in [9.17, 15) is 9.18 Å². The molecule has 0 amide bonds. The molecule has 4 rings (SSSR count). The van der Waals surface area contributed by atoms with Crippen molar-refractivity contribution in [1.29, 1.82) is 0 Å². The van der Waals surface area contributed by atoms with Gasteiger partial charge in [0.2, 0.25) is 5.16 Å². The van der Waals surface area contributed by atoms with Crippen LogP contribution in [0.4, 0.5) is 4.39 Å². The number of fused-ring (bicyclic) bond motifs is 1. The van der Waals surface area contributed by atoms with Crippen LogP contribution in [0, 0.1) is 5.92 Å². The maximum atomic E-state index is 14.3. The van der Waals surface area contributed by atoms with Gasteiger partial charge in [-0.05, 0) is 18.4 Å². The number of carbonyl (C=O) groups is 1. The van der Waals surface area contributed by atoms with E-state index >= 15 is 0 Å². The van der Waals surface area contributed by atoms with Gasteiger partial charge in [0.25, 0.3) is 0 Å². The summed E-state index contributed by atoms with van der Waals surface area (Å²) >= 11 is 1.53. The number of methoxy groups -OCH3 is 1. The monoisotopic (exact) mass is 347 g/mol. The van der Waals surface area contributed by atoms with Crippen molar-refractivity contribution < 1.29 is 13.9 Å². The number of rotatable bonds is 4. The van der Waals surface area contributed by atoms with Crippen molar-refractivity contribution in [2.24, 2.45) is 5.92 Å². The van der Waals surface area contributed by atoms with Crippen LogP contribution in [-0.2, 0) is 9.53 Å². The van der Waals surface area contributed by atoms with Crippen molar-refractivity contribution in [2.45, 2.75) is 41.9 Å². The van der Waals surface area contributed by atoms with Gasteiger partial charge < -0.3 is 4.74 Å². The molecule has 1 aliphatic heterocycles. The van der Waals surface area contributed by atoms with Gasteiger partial charge >= 0.3 is 5.97 Å². The minimum Gasteiger partial charge on any atom is -0.469 e. The average molecular weight is 347 g/mol. The van der Waals surface area contributed by atoms with Crippen molar-refractivity contribution in [3.63, 3.8) is 0 Å². The number of ether oxygens (including phenoxy) is 1. The number of alkyl halides is 1. The molecule has 0 saturated heterocycles. The number of esters is 1. The van der Waals surface area contributed by atoms with E-state index in [1.165, 1.54) is 18.9 Å². The predicted molar refractivity (Wildman–Crippen MR) is 87.5 cm³/mol. The minimum absolute atomic E-state index is 0.0204. The summed E-state index contributed by atoms with van der Waals surface area (Å²) in [6.45, 7) is 0. The Balaban J connectivity index is 1.47. The smallest absolute Gasteiger partial charge is 0.308 e. The third-order valence-electron chi connectivity index (χ3n) is 4.73. The van der Waals surface area contributed by atoms with E-state index in [4.69, 9.17) is 4.74 Å². The molecular weight excluding hydrogens is 329 g/mol. The summed E-state index contributed by atoms with van der Waals surface area (Å²) in [6.07, 6.45) is 0.837. The van der Waals surface area contributed by atoms with Crippen molar-refractivity contribution in [3.05, 3.63) is 41.7 Å². The Morgan fingerprint density at radius 1 is 1.29 bits per heavy atom. The fourth-order valence-corrected chi connectivity index (χ4v) is 4.57. The highest BCUT2D eigenvalue weighted by molar-refractivity contribution is 7.99. The standard InChI is InChI=1S/C17H18FN3O2S/c1-23-16(22)11-7-12(8-11)24-17-19-15-13(18)9-14(21(15)20-17)10-5-3-2-4-6-10/h2-6,11-14H,7-9H2,1H3/t11?,12?,13-,14-/m0/s1. The molecule has 0 unspecified atom stereocenters. The molecule has 1 aromatic carbocycles. The number of halogens is 1. The number of hydrogen-bond donors (Lipinski definition) is 0. The summed E-state index contributed by atoms with van der Waals surface area (Å²) in [5, 5.41) is 5.42. The molecule has 1 aliphatic carbocycles. The molecule has 2 atom stereocenters. The van der Waals surface area contributed by atoms with E-state index in [1.807, 2.05) is 30.3 Å². The van der Waals surface area contributed by atoms with Crippen molar-refractivity contribution in [2.75, 3.05) is 7.11 Å². The topological polar surface area (TPSA) is 57.0 Å². The summed E-state index contributed by atoms with van der Waals surface area (Å²) in [5.74, 6) is 0.239. The Morgan fingerprint density at radius 3 is 2.75 bits per heavy atom. The first kappa shape index (κ1) is 15.6. The van der Waals surface area contributed by atoms with Gasteiger partial charge in [-0.2, -0.15) is 0 Å². The minimum atomic E-state index is -1.08.